The molecule has 0 aromatic carbocycles. The fourth-order valence-electron chi connectivity index (χ4n) is 1.56. The predicted octanol–water partition coefficient (Wildman–Crippen LogP) is -0.0748. The maximum Gasteiger partial charge on any atom is 0.317 e. The standard InChI is InChI=1S/C10H20N2O3/c1-10(7-13,8-14)11-9(15)12-5-3-2-4-6-12/h13-14H,2-8H2,1H3,(H,11,15). The molecule has 1 saturated heterocycles. The van der Waals surface area contributed by atoms with Crippen LogP contribution in [0.2, 0.25) is 0 Å². The zero-order valence-corrected chi connectivity index (χ0v) is 9.20. The van der Waals surface area contributed by atoms with Crippen molar-refractivity contribution >= 4 is 6.03 Å². The third-order valence-electron chi connectivity index (χ3n) is 2.75. The van der Waals surface area contributed by atoms with Gasteiger partial charge in [0, 0.05) is 13.1 Å². The van der Waals surface area contributed by atoms with Crippen molar-refractivity contribution in [1.82, 2.24) is 10.2 Å². The van der Waals surface area contributed by atoms with Crippen molar-refractivity contribution in [2.24, 2.45) is 0 Å². The Hall–Kier alpha value is -0.810. The number of urea groups is 1. The molecular weight excluding hydrogens is 196 g/mol. The van der Waals surface area contributed by atoms with Crippen molar-refractivity contribution in [1.29, 1.82) is 0 Å². The fraction of sp³-hybridized carbons (Fsp3) is 0.900. The van der Waals surface area contributed by atoms with Crippen molar-refractivity contribution in [2.75, 3.05) is 26.3 Å². The molecule has 1 heterocycles. The normalized spacial score (nSPS) is 17.7. The van der Waals surface area contributed by atoms with Crippen LogP contribution in [0.15, 0.2) is 0 Å². The predicted molar refractivity (Wildman–Crippen MR) is 56.5 cm³/mol. The highest BCUT2D eigenvalue weighted by molar-refractivity contribution is 5.75. The minimum atomic E-state index is -0.922. The van der Waals surface area contributed by atoms with Gasteiger partial charge in [-0.2, -0.15) is 0 Å². The average molecular weight is 216 g/mol. The van der Waals surface area contributed by atoms with E-state index < -0.39 is 5.54 Å². The molecule has 0 aromatic heterocycles. The Bertz CT molecular complexity index is 211. The summed E-state index contributed by atoms with van der Waals surface area (Å²) in [7, 11) is 0. The van der Waals surface area contributed by atoms with Gasteiger partial charge in [0.15, 0.2) is 0 Å². The van der Waals surface area contributed by atoms with Crippen LogP contribution in [0.4, 0.5) is 4.79 Å². The number of carbonyl (C=O) groups excluding carboxylic acids is 1. The molecule has 0 radical (unpaired) electrons. The van der Waals surface area contributed by atoms with Gasteiger partial charge in [-0.1, -0.05) is 0 Å². The number of likely N-dealkylation sites (tertiary alicyclic amines) is 1. The molecule has 0 spiro atoms. The smallest absolute Gasteiger partial charge is 0.317 e. The molecule has 0 atom stereocenters. The monoisotopic (exact) mass is 216 g/mol. The van der Waals surface area contributed by atoms with E-state index in [1.165, 1.54) is 6.42 Å². The molecule has 2 amide bonds. The second kappa shape index (κ2) is 5.32. The lowest BCUT2D eigenvalue weighted by molar-refractivity contribution is 0.0988. The first-order valence-corrected chi connectivity index (χ1v) is 5.40. The number of rotatable bonds is 3. The molecule has 1 aliphatic heterocycles. The van der Waals surface area contributed by atoms with E-state index in [1.54, 1.807) is 11.8 Å². The first-order valence-electron chi connectivity index (χ1n) is 5.40. The van der Waals surface area contributed by atoms with E-state index in [0.29, 0.717) is 0 Å². The molecule has 5 nitrogen and oxygen atoms in total. The molecule has 0 aromatic rings. The van der Waals surface area contributed by atoms with Gasteiger partial charge in [0.05, 0.1) is 18.8 Å². The van der Waals surface area contributed by atoms with Crippen LogP contribution in [-0.2, 0) is 0 Å². The van der Waals surface area contributed by atoms with Crippen molar-refractivity contribution < 1.29 is 15.0 Å². The van der Waals surface area contributed by atoms with Crippen molar-refractivity contribution in [3.63, 3.8) is 0 Å². The highest BCUT2D eigenvalue weighted by atomic mass is 16.3. The van der Waals surface area contributed by atoms with E-state index in [1.807, 2.05) is 0 Å². The van der Waals surface area contributed by atoms with Gasteiger partial charge in [-0.15, -0.1) is 0 Å². The van der Waals surface area contributed by atoms with E-state index >= 15 is 0 Å². The average Bonchev–Trinajstić information content (AvgIpc) is 2.30. The van der Waals surface area contributed by atoms with Gasteiger partial charge in [-0.3, -0.25) is 0 Å². The Labute approximate surface area is 90.1 Å². The first kappa shape index (κ1) is 12.3. The zero-order valence-electron chi connectivity index (χ0n) is 9.20. The van der Waals surface area contributed by atoms with Crippen LogP contribution in [-0.4, -0.2) is 53.0 Å². The number of hydrogen-bond acceptors (Lipinski definition) is 3. The Balaban J connectivity index is 2.46. The molecule has 3 N–H and O–H groups in total. The lowest BCUT2D eigenvalue weighted by Gasteiger charge is -2.32. The maximum absolute atomic E-state index is 11.7. The summed E-state index contributed by atoms with van der Waals surface area (Å²) in [4.78, 5) is 13.5. The van der Waals surface area contributed by atoms with Crippen LogP contribution < -0.4 is 5.32 Å². The highest BCUT2D eigenvalue weighted by Crippen LogP contribution is 2.10. The fourth-order valence-corrected chi connectivity index (χ4v) is 1.56. The zero-order chi connectivity index (χ0) is 11.3. The van der Waals surface area contributed by atoms with Crippen LogP contribution in [0.3, 0.4) is 0 Å². The second-order valence-electron chi connectivity index (χ2n) is 4.35. The molecule has 15 heavy (non-hydrogen) atoms. The number of nitrogens with zero attached hydrogens (tertiary/aromatic N) is 1. The topological polar surface area (TPSA) is 72.8 Å². The van der Waals surface area contributed by atoms with Crippen LogP contribution in [0.5, 0.6) is 0 Å². The molecule has 0 aliphatic carbocycles. The van der Waals surface area contributed by atoms with Crippen molar-refractivity contribution in [3.8, 4) is 0 Å². The summed E-state index contributed by atoms with van der Waals surface area (Å²) in [6.07, 6.45) is 3.23. The Morgan fingerprint density at radius 2 is 1.80 bits per heavy atom. The summed E-state index contributed by atoms with van der Waals surface area (Å²) < 4.78 is 0. The summed E-state index contributed by atoms with van der Waals surface area (Å²) in [5, 5.41) is 20.7. The van der Waals surface area contributed by atoms with E-state index in [0.717, 1.165) is 25.9 Å². The number of nitrogens with one attached hydrogen (secondary N) is 1. The van der Waals surface area contributed by atoms with E-state index in [2.05, 4.69) is 5.32 Å². The minimum absolute atomic E-state index is 0.194. The lowest BCUT2D eigenvalue weighted by atomic mass is 10.1. The summed E-state index contributed by atoms with van der Waals surface area (Å²) in [6, 6.07) is -0.194. The summed E-state index contributed by atoms with van der Waals surface area (Å²) >= 11 is 0. The quantitative estimate of drug-likeness (QED) is 0.618. The maximum atomic E-state index is 11.7. The second-order valence-corrected chi connectivity index (χ2v) is 4.35. The van der Waals surface area contributed by atoms with Crippen LogP contribution >= 0.6 is 0 Å². The molecule has 5 heteroatoms. The molecule has 1 rings (SSSR count). The third-order valence-corrected chi connectivity index (χ3v) is 2.75. The SMILES string of the molecule is CC(CO)(CO)NC(=O)N1CCCCC1. The molecule has 1 aliphatic rings. The molecule has 0 saturated carbocycles. The number of amides is 2. The van der Waals surface area contributed by atoms with Crippen LogP contribution in [0.25, 0.3) is 0 Å². The van der Waals surface area contributed by atoms with Crippen molar-refractivity contribution in [2.45, 2.75) is 31.7 Å². The minimum Gasteiger partial charge on any atom is -0.394 e. The van der Waals surface area contributed by atoms with Gasteiger partial charge in [-0.05, 0) is 26.2 Å². The first-order chi connectivity index (χ1) is 7.11. The van der Waals surface area contributed by atoms with Gasteiger partial charge in [0.25, 0.3) is 0 Å². The van der Waals surface area contributed by atoms with Gasteiger partial charge in [0.1, 0.15) is 0 Å². The number of piperidine rings is 1. The number of aliphatic hydroxyl groups excluding tert-OH is 2. The number of hydrogen-bond donors (Lipinski definition) is 3. The van der Waals surface area contributed by atoms with E-state index in [-0.39, 0.29) is 19.2 Å². The van der Waals surface area contributed by atoms with Crippen LogP contribution in [0.1, 0.15) is 26.2 Å². The van der Waals surface area contributed by atoms with Gasteiger partial charge >= 0.3 is 6.03 Å². The summed E-state index contributed by atoms with van der Waals surface area (Å²) in [5.74, 6) is 0. The van der Waals surface area contributed by atoms with E-state index in [4.69, 9.17) is 10.2 Å². The van der Waals surface area contributed by atoms with Gasteiger partial charge < -0.3 is 20.4 Å². The molecular formula is C10H20N2O3. The van der Waals surface area contributed by atoms with Crippen LogP contribution in [0, 0.1) is 0 Å². The molecule has 0 unspecified atom stereocenters. The molecule has 88 valence electrons. The molecule has 1 fully saturated rings. The molecule has 0 bridgehead atoms. The summed E-state index contributed by atoms with van der Waals surface area (Å²) in [6.45, 7) is 2.62. The van der Waals surface area contributed by atoms with Crippen molar-refractivity contribution in [3.05, 3.63) is 0 Å². The van der Waals surface area contributed by atoms with E-state index in [9.17, 15) is 4.79 Å². The number of carbonyl (C=O) groups is 1. The summed E-state index contributed by atoms with van der Waals surface area (Å²) in [5.41, 5.74) is -0.922. The Kier molecular flexibility index (Phi) is 4.35. The highest BCUT2D eigenvalue weighted by Gasteiger charge is 2.27. The lowest BCUT2D eigenvalue weighted by Crippen LogP contribution is -2.56. The van der Waals surface area contributed by atoms with Gasteiger partial charge in [0.2, 0.25) is 0 Å². The Morgan fingerprint density at radius 1 is 1.27 bits per heavy atom. The largest absolute Gasteiger partial charge is 0.394 e. The number of aliphatic hydroxyl groups is 2. The Morgan fingerprint density at radius 3 is 2.27 bits per heavy atom. The third kappa shape index (κ3) is 3.35. The van der Waals surface area contributed by atoms with Gasteiger partial charge in [-0.25, -0.2) is 4.79 Å².